The Morgan fingerprint density at radius 1 is 1.24 bits per heavy atom. The maximum absolute atomic E-state index is 12.5. The first-order chi connectivity index (χ1) is 13.5. The molecule has 1 amide bonds. The van der Waals surface area contributed by atoms with E-state index in [2.05, 4.69) is 48.0 Å². The zero-order chi connectivity index (χ0) is 20.1. The van der Waals surface area contributed by atoms with Gasteiger partial charge in [-0.25, -0.2) is 0 Å². The summed E-state index contributed by atoms with van der Waals surface area (Å²) >= 11 is 1.74. The second-order valence-corrected chi connectivity index (χ2v) is 8.46. The van der Waals surface area contributed by atoms with E-state index in [1.807, 2.05) is 13.1 Å². The minimum absolute atomic E-state index is 0. The third-order valence-electron chi connectivity index (χ3n) is 6.10. The van der Waals surface area contributed by atoms with Crippen molar-refractivity contribution in [2.24, 2.45) is 11.1 Å². The molecule has 6 heteroatoms. The summed E-state index contributed by atoms with van der Waals surface area (Å²) in [4.78, 5) is 13.7. The Labute approximate surface area is 184 Å². The number of thioether (sulfide) groups is 1. The molecule has 0 bridgehead atoms. The number of rotatable bonds is 7. The van der Waals surface area contributed by atoms with Gasteiger partial charge < -0.3 is 15.8 Å². The highest BCUT2D eigenvalue weighted by molar-refractivity contribution is 7.98. The molecule has 158 valence electrons. The smallest absolute Gasteiger partial charge is 0.223 e. The number of primary amides is 1. The minimum Gasteiger partial charge on any atom is -0.496 e. The van der Waals surface area contributed by atoms with Gasteiger partial charge in [0.1, 0.15) is 5.75 Å². The number of nitrogens with one attached hydrogen (secondary N) is 1. The molecule has 4 nitrogen and oxygen atoms in total. The average molecular weight is 435 g/mol. The summed E-state index contributed by atoms with van der Waals surface area (Å²) in [6.45, 7) is 0. The van der Waals surface area contributed by atoms with Crippen molar-refractivity contribution >= 4 is 30.1 Å². The van der Waals surface area contributed by atoms with E-state index in [0.29, 0.717) is 12.5 Å². The van der Waals surface area contributed by atoms with E-state index in [1.165, 1.54) is 10.5 Å². The van der Waals surface area contributed by atoms with Crippen molar-refractivity contribution in [3.05, 3.63) is 48.0 Å². The molecule has 0 aromatic heterocycles. The lowest BCUT2D eigenvalue weighted by Crippen LogP contribution is -2.45. The fourth-order valence-electron chi connectivity index (χ4n) is 4.30. The third kappa shape index (κ3) is 5.08. The van der Waals surface area contributed by atoms with Crippen LogP contribution in [0.3, 0.4) is 0 Å². The molecule has 1 saturated carbocycles. The van der Waals surface area contributed by atoms with Crippen LogP contribution >= 0.6 is 24.2 Å². The maximum atomic E-state index is 12.5. The molecule has 2 aromatic carbocycles. The molecule has 0 aliphatic heterocycles. The summed E-state index contributed by atoms with van der Waals surface area (Å²) < 4.78 is 5.63. The fourth-order valence-corrected chi connectivity index (χ4v) is 4.92. The van der Waals surface area contributed by atoms with Gasteiger partial charge in [0.05, 0.1) is 12.5 Å². The third-order valence-corrected chi connectivity index (χ3v) is 6.90. The first kappa shape index (κ1) is 23.6. The van der Waals surface area contributed by atoms with Crippen molar-refractivity contribution in [3.8, 4) is 16.9 Å². The predicted molar refractivity (Wildman–Crippen MR) is 124 cm³/mol. The molecular weight excluding hydrogens is 404 g/mol. The molecule has 0 heterocycles. The van der Waals surface area contributed by atoms with Crippen LogP contribution in [0.5, 0.6) is 5.75 Å². The fraction of sp³-hybridized carbons (Fsp3) is 0.435. The van der Waals surface area contributed by atoms with Crippen LogP contribution in [0.25, 0.3) is 11.1 Å². The molecule has 1 aliphatic carbocycles. The van der Waals surface area contributed by atoms with E-state index in [1.54, 1.807) is 18.9 Å². The van der Waals surface area contributed by atoms with Gasteiger partial charge in [0.2, 0.25) is 5.91 Å². The first-order valence-electron chi connectivity index (χ1n) is 9.80. The maximum Gasteiger partial charge on any atom is 0.223 e. The topological polar surface area (TPSA) is 64.3 Å². The van der Waals surface area contributed by atoms with Crippen LogP contribution in [-0.4, -0.2) is 32.4 Å². The lowest BCUT2D eigenvalue weighted by Gasteiger charge is -2.38. The Kier molecular flexibility index (Phi) is 8.44. The molecular formula is C23H31ClN2O2S. The highest BCUT2D eigenvalue weighted by Crippen LogP contribution is 2.42. The average Bonchev–Trinajstić information content (AvgIpc) is 2.74. The van der Waals surface area contributed by atoms with E-state index < -0.39 is 5.41 Å². The van der Waals surface area contributed by atoms with Gasteiger partial charge in [0.25, 0.3) is 0 Å². The zero-order valence-electron chi connectivity index (χ0n) is 17.4. The van der Waals surface area contributed by atoms with Gasteiger partial charge in [0, 0.05) is 10.9 Å². The Bertz CT molecular complexity index is 835. The van der Waals surface area contributed by atoms with Gasteiger partial charge >= 0.3 is 0 Å². The lowest BCUT2D eigenvalue weighted by atomic mass is 9.68. The number of methoxy groups -OCH3 is 1. The largest absolute Gasteiger partial charge is 0.496 e. The molecule has 0 saturated heterocycles. The molecule has 2 aromatic rings. The highest BCUT2D eigenvalue weighted by Gasteiger charge is 2.40. The van der Waals surface area contributed by atoms with Crippen molar-refractivity contribution in [2.75, 3.05) is 20.4 Å². The number of benzene rings is 2. The summed E-state index contributed by atoms with van der Waals surface area (Å²) in [7, 11) is 3.67. The molecule has 1 fully saturated rings. The summed E-state index contributed by atoms with van der Waals surface area (Å²) in [5.41, 5.74) is 8.81. The van der Waals surface area contributed by atoms with Crippen LogP contribution in [0.4, 0.5) is 0 Å². The second kappa shape index (κ2) is 10.4. The van der Waals surface area contributed by atoms with Crippen LogP contribution in [0.2, 0.25) is 0 Å². The molecule has 0 unspecified atom stereocenters. The van der Waals surface area contributed by atoms with Crippen LogP contribution in [0.15, 0.2) is 47.4 Å². The van der Waals surface area contributed by atoms with E-state index in [0.717, 1.165) is 42.6 Å². The van der Waals surface area contributed by atoms with Crippen molar-refractivity contribution in [3.63, 3.8) is 0 Å². The molecule has 3 N–H and O–H groups in total. The molecule has 29 heavy (non-hydrogen) atoms. The van der Waals surface area contributed by atoms with Crippen LogP contribution in [-0.2, 0) is 11.2 Å². The predicted octanol–water partition coefficient (Wildman–Crippen LogP) is 4.68. The number of hydrogen-bond acceptors (Lipinski definition) is 4. The number of ether oxygens (including phenoxy) is 1. The Morgan fingerprint density at radius 2 is 1.93 bits per heavy atom. The van der Waals surface area contributed by atoms with E-state index in [9.17, 15) is 4.79 Å². The van der Waals surface area contributed by atoms with Gasteiger partial charge in [-0.15, -0.1) is 24.2 Å². The number of amides is 1. The number of carbonyl (C=O) groups excluding carboxylic acids is 1. The highest BCUT2D eigenvalue weighted by atomic mass is 35.5. The van der Waals surface area contributed by atoms with Gasteiger partial charge in [0.15, 0.2) is 0 Å². The van der Waals surface area contributed by atoms with E-state index in [-0.39, 0.29) is 18.3 Å². The zero-order valence-corrected chi connectivity index (χ0v) is 19.0. The first-order valence-corrected chi connectivity index (χ1v) is 11.0. The Morgan fingerprint density at radius 3 is 2.52 bits per heavy atom. The number of hydrogen-bond donors (Lipinski definition) is 2. The normalized spacial score (nSPS) is 21.3. The Hall–Kier alpha value is -1.69. The standard InChI is InChI=1S/C23H30N2O2S.ClH/c1-25-18-10-12-23(13-11-18,22(24)26)15-17-14-16(8-9-20(17)27-2)19-6-4-5-7-21(19)28-3;/h4-9,14,18,25H,10-13,15H2,1-3H3,(H2,24,26);1H. The molecule has 0 radical (unpaired) electrons. The van der Waals surface area contributed by atoms with Crippen molar-refractivity contribution in [1.82, 2.24) is 5.32 Å². The summed E-state index contributed by atoms with van der Waals surface area (Å²) in [5.74, 6) is 0.626. The summed E-state index contributed by atoms with van der Waals surface area (Å²) in [6, 6.07) is 15.1. The molecule has 1 aliphatic rings. The van der Waals surface area contributed by atoms with Gasteiger partial charge in [-0.2, -0.15) is 0 Å². The van der Waals surface area contributed by atoms with Crippen molar-refractivity contribution < 1.29 is 9.53 Å². The molecule has 3 rings (SSSR count). The SMILES string of the molecule is CNC1CCC(Cc2cc(-c3ccccc3SC)ccc2OC)(C(N)=O)CC1.Cl. The van der Waals surface area contributed by atoms with Gasteiger partial charge in [-0.05, 0) is 80.3 Å². The second-order valence-electron chi connectivity index (χ2n) is 7.61. The van der Waals surface area contributed by atoms with Crippen LogP contribution < -0.4 is 15.8 Å². The van der Waals surface area contributed by atoms with Crippen LogP contribution in [0.1, 0.15) is 31.2 Å². The van der Waals surface area contributed by atoms with Crippen LogP contribution in [0, 0.1) is 5.41 Å². The van der Waals surface area contributed by atoms with Gasteiger partial charge in [-0.3, -0.25) is 4.79 Å². The molecule has 0 spiro atoms. The molecule has 0 atom stereocenters. The minimum atomic E-state index is -0.502. The lowest BCUT2D eigenvalue weighted by molar-refractivity contribution is -0.129. The van der Waals surface area contributed by atoms with Gasteiger partial charge in [-0.1, -0.05) is 24.3 Å². The number of carbonyl (C=O) groups is 1. The Balaban J connectivity index is 0.00000300. The van der Waals surface area contributed by atoms with E-state index >= 15 is 0 Å². The monoisotopic (exact) mass is 434 g/mol. The van der Waals surface area contributed by atoms with Crippen molar-refractivity contribution in [2.45, 2.75) is 43.0 Å². The number of nitrogens with two attached hydrogens (primary N) is 1. The summed E-state index contributed by atoms with van der Waals surface area (Å²) in [6.07, 6.45) is 6.27. The summed E-state index contributed by atoms with van der Waals surface area (Å²) in [5, 5.41) is 3.33. The quantitative estimate of drug-likeness (QED) is 0.621. The van der Waals surface area contributed by atoms with Crippen molar-refractivity contribution in [1.29, 1.82) is 0 Å². The van der Waals surface area contributed by atoms with E-state index in [4.69, 9.17) is 10.5 Å². The number of halogens is 1.